The smallest absolute Gasteiger partial charge is 0.341 e. The van der Waals surface area contributed by atoms with Crippen LogP contribution in [0.25, 0.3) is 16.6 Å². The maximum absolute atomic E-state index is 15.7. The topological polar surface area (TPSA) is 88.6 Å². The Kier molecular flexibility index (Phi) is 5.48. The van der Waals surface area contributed by atoms with E-state index in [0.29, 0.717) is 31.3 Å². The zero-order chi connectivity index (χ0) is 24.2. The number of anilines is 1. The summed E-state index contributed by atoms with van der Waals surface area (Å²) in [5.74, 6) is -3.92. The number of hydrogen-bond donors (Lipinski definition) is 2. The van der Waals surface area contributed by atoms with Gasteiger partial charge in [0.1, 0.15) is 17.2 Å². The van der Waals surface area contributed by atoms with E-state index < -0.39 is 34.4 Å². The average Bonchev–Trinajstić information content (AvgIpc) is 3.14. The number of nitrogens with zero attached hydrogens (tertiary/aromatic N) is 2. The van der Waals surface area contributed by atoms with E-state index in [4.69, 9.17) is 5.73 Å². The summed E-state index contributed by atoms with van der Waals surface area (Å²) >= 11 is 0. The number of halogens is 3. The van der Waals surface area contributed by atoms with E-state index in [-0.39, 0.29) is 33.3 Å². The van der Waals surface area contributed by atoms with Crippen molar-refractivity contribution >= 4 is 22.6 Å². The van der Waals surface area contributed by atoms with Crippen molar-refractivity contribution < 1.29 is 23.1 Å². The van der Waals surface area contributed by atoms with E-state index in [1.165, 1.54) is 11.5 Å². The van der Waals surface area contributed by atoms with Crippen molar-refractivity contribution in [3.63, 3.8) is 0 Å². The summed E-state index contributed by atoms with van der Waals surface area (Å²) in [6.07, 6.45) is 1.75. The molecular formula is C24H24F3N3O3. The lowest BCUT2D eigenvalue weighted by Crippen LogP contribution is -2.32. The van der Waals surface area contributed by atoms with Crippen LogP contribution < -0.4 is 16.1 Å². The number of fused-ring (bicyclic) bond motifs is 1. The van der Waals surface area contributed by atoms with Crippen LogP contribution in [0.1, 0.15) is 34.8 Å². The highest BCUT2D eigenvalue weighted by atomic mass is 19.1. The van der Waals surface area contributed by atoms with Crippen molar-refractivity contribution in [1.29, 1.82) is 0 Å². The van der Waals surface area contributed by atoms with Crippen LogP contribution in [0.15, 0.2) is 29.2 Å². The molecule has 1 aliphatic heterocycles. The number of nitrogens with two attached hydrogens (primary N) is 1. The third kappa shape index (κ3) is 3.56. The molecule has 1 aromatic heterocycles. The minimum atomic E-state index is -1.53. The fourth-order valence-corrected chi connectivity index (χ4v) is 4.67. The van der Waals surface area contributed by atoms with E-state index in [9.17, 15) is 23.5 Å². The van der Waals surface area contributed by atoms with Gasteiger partial charge in [0.05, 0.1) is 22.3 Å². The number of carboxylic acids is 1. The molecule has 3 aromatic rings. The summed E-state index contributed by atoms with van der Waals surface area (Å²) in [6.45, 7) is 6.47. The highest BCUT2D eigenvalue weighted by Crippen LogP contribution is 2.40. The van der Waals surface area contributed by atoms with E-state index in [1.807, 2.05) is 11.8 Å². The fraction of sp³-hybridized carbons (Fsp3) is 0.333. The van der Waals surface area contributed by atoms with Crippen LogP contribution in [-0.2, 0) is 0 Å². The molecule has 0 amide bonds. The summed E-state index contributed by atoms with van der Waals surface area (Å²) in [7, 11) is 0. The van der Waals surface area contributed by atoms with Gasteiger partial charge in [-0.3, -0.25) is 4.79 Å². The first-order valence-corrected chi connectivity index (χ1v) is 10.5. The minimum absolute atomic E-state index is 0.0312. The molecule has 33 heavy (non-hydrogen) atoms. The fourth-order valence-electron chi connectivity index (χ4n) is 4.67. The molecule has 0 saturated carbocycles. The van der Waals surface area contributed by atoms with Crippen LogP contribution in [-0.4, -0.2) is 35.3 Å². The number of rotatable bonds is 4. The van der Waals surface area contributed by atoms with E-state index in [1.54, 1.807) is 6.92 Å². The molecule has 0 bridgehead atoms. The Bertz CT molecular complexity index is 1370. The van der Waals surface area contributed by atoms with Gasteiger partial charge < -0.3 is 20.3 Å². The molecule has 6 nitrogen and oxygen atoms in total. The molecule has 174 valence electrons. The molecule has 2 aromatic carbocycles. The zero-order valence-corrected chi connectivity index (χ0v) is 18.5. The van der Waals surface area contributed by atoms with Crippen LogP contribution in [0, 0.1) is 36.7 Å². The minimum Gasteiger partial charge on any atom is -0.477 e. The van der Waals surface area contributed by atoms with Crippen molar-refractivity contribution in [3.8, 4) is 5.69 Å². The van der Waals surface area contributed by atoms with Gasteiger partial charge >= 0.3 is 5.97 Å². The monoisotopic (exact) mass is 459 g/mol. The third-order valence-electron chi connectivity index (χ3n) is 6.60. The molecule has 1 unspecified atom stereocenters. The maximum atomic E-state index is 15.7. The molecule has 1 atom stereocenters. The van der Waals surface area contributed by atoms with Gasteiger partial charge in [0.15, 0.2) is 5.82 Å². The van der Waals surface area contributed by atoms with Crippen LogP contribution in [0.2, 0.25) is 0 Å². The van der Waals surface area contributed by atoms with E-state index in [0.717, 1.165) is 24.8 Å². The highest BCUT2D eigenvalue weighted by Gasteiger charge is 2.36. The summed E-state index contributed by atoms with van der Waals surface area (Å²) in [6, 6.07) is 2.85. The first-order chi connectivity index (χ1) is 15.5. The largest absolute Gasteiger partial charge is 0.477 e. The second-order valence-electron chi connectivity index (χ2n) is 8.97. The normalized spacial score (nSPS) is 18.3. The Labute approximate surface area is 188 Å². The molecule has 1 aliphatic rings. The van der Waals surface area contributed by atoms with Gasteiger partial charge in [-0.15, -0.1) is 0 Å². The van der Waals surface area contributed by atoms with E-state index in [2.05, 4.69) is 0 Å². The van der Waals surface area contributed by atoms with Gasteiger partial charge in [-0.05, 0) is 44.4 Å². The lowest BCUT2D eigenvalue weighted by molar-refractivity contribution is 0.0695. The third-order valence-corrected chi connectivity index (χ3v) is 6.60. The molecule has 0 spiro atoms. The molecule has 3 N–H and O–H groups in total. The quantitative estimate of drug-likeness (QED) is 0.618. The predicted octanol–water partition coefficient (Wildman–Crippen LogP) is 3.90. The average molecular weight is 459 g/mol. The first kappa shape index (κ1) is 22.8. The van der Waals surface area contributed by atoms with Crippen LogP contribution >= 0.6 is 0 Å². The number of pyridine rings is 1. The van der Waals surface area contributed by atoms with Gasteiger partial charge in [0.2, 0.25) is 5.43 Å². The molecule has 4 rings (SSSR count). The van der Waals surface area contributed by atoms with Gasteiger partial charge in [-0.25, -0.2) is 18.0 Å². The number of benzene rings is 2. The van der Waals surface area contributed by atoms with Crippen molar-refractivity contribution in [2.24, 2.45) is 11.1 Å². The van der Waals surface area contributed by atoms with Crippen LogP contribution in [0.3, 0.4) is 0 Å². The van der Waals surface area contributed by atoms with Gasteiger partial charge in [0, 0.05) is 36.5 Å². The lowest BCUT2D eigenvalue weighted by atomic mass is 9.90. The van der Waals surface area contributed by atoms with Gasteiger partial charge in [-0.1, -0.05) is 6.92 Å². The van der Waals surface area contributed by atoms with Crippen LogP contribution in [0.5, 0.6) is 0 Å². The highest BCUT2D eigenvalue weighted by molar-refractivity contribution is 5.97. The second-order valence-corrected chi connectivity index (χ2v) is 8.97. The number of aromatic nitrogens is 1. The zero-order valence-electron chi connectivity index (χ0n) is 18.5. The Balaban J connectivity index is 2.13. The summed E-state index contributed by atoms with van der Waals surface area (Å²) in [4.78, 5) is 26.7. The summed E-state index contributed by atoms with van der Waals surface area (Å²) in [5.41, 5.74) is 4.79. The predicted molar refractivity (Wildman–Crippen MR) is 120 cm³/mol. The SMILES string of the molecule is Cc1c(F)c(N2CCC(C)(CN)C2)c(C)c2c1c(=O)c(C(=O)O)cn2-c1ccc(F)cc1F. The van der Waals surface area contributed by atoms with E-state index >= 15 is 4.39 Å². The Hall–Kier alpha value is -3.33. The Morgan fingerprint density at radius 1 is 1.21 bits per heavy atom. The molecule has 1 saturated heterocycles. The van der Waals surface area contributed by atoms with Crippen molar-refractivity contribution in [2.45, 2.75) is 27.2 Å². The Morgan fingerprint density at radius 2 is 1.91 bits per heavy atom. The maximum Gasteiger partial charge on any atom is 0.341 e. The molecule has 2 heterocycles. The second kappa shape index (κ2) is 7.91. The Morgan fingerprint density at radius 3 is 2.48 bits per heavy atom. The number of aryl methyl sites for hydroxylation is 2. The standard InChI is InChI=1S/C24H24F3N3O3/c1-12-18-20(13(2)21(19(12)27)29-7-6-24(3,10-28)11-29)30(9-15(22(18)31)23(32)33)17-5-4-14(25)8-16(17)26/h4-5,8-9H,6-7,10-11,28H2,1-3H3,(H,32,33). The number of carbonyl (C=O) groups is 1. The summed E-state index contributed by atoms with van der Waals surface area (Å²) in [5, 5.41) is 9.42. The van der Waals surface area contributed by atoms with Crippen molar-refractivity contribution in [2.75, 3.05) is 24.5 Å². The molecule has 0 aliphatic carbocycles. The van der Waals surface area contributed by atoms with Gasteiger partial charge in [0.25, 0.3) is 0 Å². The molecule has 1 fully saturated rings. The lowest BCUT2D eigenvalue weighted by Gasteiger charge is -2.28. The molecule has 0 radical (unpaired) electrons. The first-order valence-electron chi connectivity index (χ1n) is 10.5. The van der Waals surface area contributed by atoms with Crippen molar-refractivity contribution in [3.05, 3.63) is 68.8 Å². The van der Waals surface area contributed by atoms with Crippen LogP contribution in [0.4, 0.5) is 18.9 Å². The molecule has 9 heteroatoms. The number of hydrogen-bond acceptors (Lipinski definition) is 4. The number of carboxylic acid groups (broad SMARTS) is 1. The van der Waals surface area contributed by atoms with Crippen molar-refractivity contribution in [1.82, 2.24) is 4.57 Å². The summed E-state index contributed by atoms with van der Waals surface area (Å²) < 4.78 is 45.2. The molecular weight excluding hydrogens is 435 g/mol. The number of aromatic carboxylic acids is 1. The van der Waals surface area contributed by atoms with Gasteiger partial charge in [-0.2, -0.15) is 0 Å².